The number of benzene rings is 23. The first-order chi connectivity index (χ1) is 74.4. The Kier molecular flexibility index (Phi) is 22.8. The Bertz CT molecular complexity index is 8880. The van der Waals surface area contributed by atoms with E-state index in [1.54, 1.807) is 0 Å². The van der Waals surface area contributed by atoms with Gasteiger partial charge in [-0.05, 0) is 139 Å². The minimum atomic E-state index is -3.32. The topological polar surface area (TPSA) is 54.0 Å². The first-order valence-electron chi connectivity index (χ1n) is 51.5. The summed E-state index contributed by atoms with van der Waals surface area (Å²) < 4.78 is 36.7. The number of ether oxygens (including phenoxy) is 3. The summed E-state index contributed by atoms with van der Waals surface area (Å²) in [6, 6.07) is 217. The van der Waals surface area contributed by atoms with Gasteiger partial charge in [-0.15, -0.1) is 11.3 Å². The molecule has 0 radical (unpaired) electrons. The fourth-order valence-corrected chi connectivity index (χ4v) is 43.6. The normalized spacial score (nSPS) is 13.4. The van der Waals surface area contributed by atoms with Crippen molar-refractivity contribution >= 4 is 157 Å². The summed E-state index contributed by atoms with van der Waals surface area (Å²) in [6.45, 7) is 0. The molecule has 9 heteroatoms. The predicted octanol–water partition coefficient (Wildman–Crippen LogP) is 28.1. The SMILES string of the molecule is c1ccc(C2([Si](c3ccccc3)(c3ccccc3)c3cccc4c3oc3ccccc34)c3ccccc3Oc3ccccc32)cc1.c1ccc(C2(c3cccc([Si](c4ccccc4)(c4ccccc4)c4cccc5c4oc4ccccc45)c3)c3ccccc3Oc3ccccc32)cc1.c1ccc(C2(c3cccc([Si](c4ccccc4)(c4ccccc4)c4cccc5c4sc4ccccc45)c3)c3ccccc3Oc3ccccc32)cc1. The molecule has 23 aromatic carbocycles. The molecule has 0 aliphatic carbocycles. The second kappa shape index (κ2) is 37.8. The summed E-state index contributed by atoms with van der Waals surface area (Å²) in [7, 11) is -9.34. The maximum Gasteiger partial charge on any atom is 0.184 e. The third-order valence-electron chi connectivity index (χ3n) is 31.7. The highest BCUT2D eigenvalue weighted by Gasteiger charge is 2.64. The van der Waals surface area contributed by atoms with Crippen LogP contribution in [0.4, 0.5) is 0 Å². The molecule has 0 saturated carbocycles. The summed E-state index contributed by atoms with van der Waals surface area (Å²) in [5, 5.41) is 21.0. The molecule has 26 aromatic rings. The molecular weight excluding hydrogens is 1890 g/mol. The predicted molar refractivity (Wildman–Crippen MR) is 628 cm³/mol. The molecule has 0 fully saturated rings. The van der Waals surface area contributed by atoms with E-state index in [2.05, 4.69) is 595 Å². The van der Waals surface area contributed by atoms with Crippen molar-refractivity contribution in [3.63, 3.8) is 0 Å². The molecule has 3 aliphatic rings. The van der Waals surface area contributed by atoms with E-state index in [1.807, 2.05) is 11.3 Å². The maximum atomic E-state index is 6.98. The van der Waals surface area contributed by atoms with E-state index in [-0.39, 0.29) is 0 Å². The molecule has 0 spiro atoms. The van der Waals surface area contributed by atoms with Crippen molar-refractivity contribution < 1.29 is 23.0 Å². The van der Waals surface area contributed by atoms with Gasteiger partial charge in [0.2, 0.25) is 0 Å². The number of para-hydroxylation sites is 10. The van der Waals surface area contributed by atoms with Crippen LogP contribution in [0, 0.1) is 0 Å². The van der Waals surface area contributed by atoms with Crippen LogP contribution in [-0.2, 0) is 15.9 Å². The van der Waals surface area contributed by atoms with E-state index in [9.17, 15) is 0 Å². The van der Waals surface area contributed by atoms with Crippen LogP contribution in [0.2, 0.25) is 0 Å². The second-order valence-corrected chi connectivity index (χ2v) is 51.6. The Labute approximate surface area is 878 Å². The van der Waals surface area contributed by atoms with Crippen molar-refractivity contribution in [2.75, 3.05) is 0 Å². The van der Waals surface area contributed by atoms with Crippen LogP contribution >= 0.6 is 11.3 Å². The molecular formula is C141H98O5SSi3. The lowest BCUT2D eigenvalue weighted by Crippen LogP contribution is -2.79. The van der Waals surface area contributed by atoms with Crippen molar-refractivity contribution in [3.05, 3.63) is 656 Å². The lowest BCUT2D eigenvalue weighted by Gasteiger charge is -2.53. The van der Waals surface area contributed by atoms with Crippen molar-refractivity contribution in [3.8, 4) is 34.5 Å². The Morgan fingerprint density at radius 1 is 0.173 bits per heavy atom. The van der Waals surface area contributed by atoms with Gasteiger partial charge in [0.05, 0.1) is 15.9 Å². The summed E-state index contributed by atoms with van der Waals surface area (Å²) in [4.78, 5) is 0. The second-order valence-electron chi connectivity index (χ2n) is 39.1. The number of furan rings is 2. The fraction of sp³-hybridized carbons (Fsp3) is 0.0213. The quantitative estimate of drug-likeness (QED) is 0.0672. The fourth-order valence-electron chi connectivity index (χ4n) is 25.8. The van der Waals surface area contributed by atoms with Gasteiger partial charge in [0.25, 0.3) is 0 Å². The van der Waals surface area contributed by atoms with Gasteiger partial charge in [-0.2, -0.15) is 0 Å². The zero-order valence-electron chi connectivity index (χ0n) is 82.0. The van der Waals surface area contributed by atoms with Gasteiger partial charge >= 0.3 is 0 Å². The first-order valence-corrected chi connectivity index (χ1v) is 58.3. The standard InChI is InChI=1S/C49H34O2Si.C49H34OSSi.C43H30O2Si/c1-4-18-35(19-5-1)49(42-28-11-14-31-45(42)50-46-32-15-12-29-43(46)49)36-20-16-25-39(34-36)52(37-21-6-2-7-22-37,38-23-8-3-9-24-38)47-33-17-27-41-40-26-10-13-30-44(40)51-48(41)47;1-4-18-35(19-5-1)49(42-28-11-13-30-44(42)50-45-31-14-12-29-43(45)49)36-20-16-25-39(34-36)52(37-21-6-2-7-22-37,38-23-8-3-9-24-38)47-33-17-27-41-40-26-10-15-32-46(40)51-48(41)47;1-4-17-31(18-5-1)43(36-25-11-14-28-39(36)44-40-29-15-12-26-37(40)43)46(32-19-6-2-7-20-32,33-21-8-3-9-22-33)41-30-16-24-35-34-23-10-13-27-38(34)45-42(35)41/h2*1-34H;1-30H. The van der Waals surface area contributed by atoms with Gasteiger partial charge in [0.1, 0.15) is 56.8 Å². The van der Waals surface area contributed by atoms with E-state index in [0.717, 1.165) is 112 Å². The van der Waals surface area contributed by atoms with Crippen LogP contribution in [0.25, 0.3) is 64.0 Å². The van der Waals surface area contributed by atoms with Gasteiger partial charge in [-0.3, -0.25) is 0 Å². The van der Waals surface area contributed by atoms with Gasteiger partial charge in [-0.25, -0.2) is 0 Å². The largest absolute Gasteiger partial charge is 0.457 e. The smallest absolute Gasteiger partial charge is 0.184 e. The number of hydrogen-bond donors (Lipinski definition) is 0. The molecule has 710 valence electrons. The molecule has 3 aliphatic heterocycles. The first kappa shape index (κ1) is 90.7. The number of hydrogen-bond acceptors (Lipinski definition) is 6. The lowest BCUT2D eigenvalue weighted by atomic mass is 9.64. The Morgan fingerprint density at radius 3 is 0.827 bits per heavy atom. The Balaban J connectivity index is 0.000000111. The molecule has 0 unspecified atom stereocenters. The van der Waals surface area contributed by atoms with Crippen molar-refractivity contribution in [2.45, 2.75) is 15.9 Å². The van der Waals surface area contributed by atoms with Crippen LogP contribution in [0.15, 0.2) is 603 Å². The van der Waals surface area contributed by atoms with Crippen LogP contribution in [-0.4, -0.2) is 24.2 Å². The molecule has 0 amide bonds. The van der Waals surface area contributed by atoms with Crippen LogP contribution in [0.3, 0.4) is 0 Å². The van der Waals surface area contributed by atoms with Crippen molar-refractivity contribution in [1.82, 2.24) is 0 Å². The molecule has 5 nitrogen and oxygen atoms in total. The average Bonchev–Trinajstić information content (AvgIpc) is 0.962. The highest BCUT2D eigenvalue weighted by Crippen LogP contribution is 2.60. The van der Waals surface area contributed by atoms with Gasteiger partial charge < -0.3 is 23.0 Å². The lowest BCUT2D eigenvalue weighted by molar-refractivity contribution is 0.434. The molecule has 0 atom stereocenters. The highest BCUT2D eigenvalue weighted by molar-refractivity contribution is 7.31. The number of fused-ring (bicyclic) bond motifs is 15. The van der Waals surface area contributed by atoms with Crippen molar-refractivity contribution in [1.29, 1.82) is 0 Å². The zero-order chi connectivity index (χ0) is 99.6. The minimum Gasteiger partial charge on any atom is -0.457 e. The summed E-state index contributed by atoms with van der Waals surface area (Å²) in [5.41, 5.74) is 15.4. The molecule has 0 saturated heterocycles. The third kappa shape index (κ3) is 14.1. The third-order valence-corrected chi connectivity index (χ3v) is 48.2. The number of rotatable bonds is 17. The highest BCUT2D eigenvalue weighted by atomic mass is 32.1. The minimum absolute atomic E-state index is 0.611. The molecule has 6 heterocycles. The zero-order valence-corrected chi connectivity index (χ0v) is 85.8. The van der Waals surface area contributed by atoms with Gasteiger partial charge in [-0.1, -0.05) is 540 Å². The van der Waals surface area contributed by atoms with Crippen molar-refractivity contribution in [2.24, 2.45) is 0 Å². The number of thiophene rings is 1. The Morgan fingerprint density at radius 2 is 0.433 bits per heavy atom. The van der Waals surface area contributed by atoms with E-state index in [1.165, 1.54) is 105 Å². The molecule has 0 bridgehead atoms. The summed E-state index contributed by atoms with van der Waals surface area (Å²) in [6.07, 6.45) is 0. The van der Waals surface area contributed by atoms with E-state index in [0.29, 0.717) is 0 Å². The molecule has 3 aromatic heterocycles. The van der Waals surface area contributed by atoms with Crippen LogP contribution in [0.5, 0.6) is 34.5 Å². The molecule has 150 heavy (non-hydrogen) atoms. The van der Waals surface area contributed by atoms with E-state index >= 15 is 0 Å². The van der Waals surface area contributed by atoms with Crippen LogP contribution in [0.1, 0.15) is 61.2 Å². The van der Waals surface area contributed by atoms with E-state index < -0.39 is 40.1 Å². The monoisotopic (exact) mass is 1990 g/mol. The Hall–Kier alpha value is -18.1. The van der Waals surface area contributed by atoms with E-state index in [4.69, 9.17) is 23.0 Å². The van der Waals surface area contributed by atoms with Gasteiger partial charge in [0, 0.05) is 75.1 Å². The summed E-state index contributed by atoms with van der Waals surface area (Å²) >= 11 is 1.93. The maximum absolute atomic E-state index is 6.98. The molecule has 0 N–H and O–H groups in total. The van der Waals surface area contributed by atoms with Gasteiger partial charge in [0.15, 0.2) is 24.2 Å². The molecule has 29 rings (SSSR count). The summed E-state index contributed by atoms with van der Waals surface area (Å²) in [5.74, 6) is 5.28. The average molecular weight is 1990 g/mol. The van der Waals surface area contributed by atoms with Crippen LogP contribution < -0.4 is 71.3 Å².